The molecule has 0 unspecified atom stereocenters. The predicted octanol–water partition coefficient (Wildman–Crippen LogP) is 3.20. The van der Waals surface area contributed by atoms with Gasteiger partial charge in [0.1, 0.15) is 19.0 Å². The Morgan fingerprint density at radius 3 is 2.97 bits per heavy atom. The zero-order chi connectivity index (χ0) is 27.1. The molecule has 0 saturated carbocycles. The van der Waals surface area contributed by atoms with Crippen LogP contribution in [0.5, 0.6) is 5.75 Å². The number of ether oxygens (including phenoxy) is 4. The van der Waals surface area contributed by atoms with E-state index in [0.29, 0.717) is 36.6 Å². The molecule has 10 nitrogen and oxygen atoms in total. The van der Waals surface area contributed by atoms with Crippen molar-refractivity contribution < 1.29 is 37.8 Å². The molecule has 0 bridgehead atoms. The minimum absolute atomic E-state index is 0.0329. The summed E-state index contributed by atoms with van der Waals surface area (Å²) >= 11 is 1.64. The Labute approximate surface area is 226 Å². The van der Waals surface area contributed by atoms with E-state index in [4.69, 9.17) is 14.2 Å². The zero-order valence-electron chi connectivity index (χ0n) is 20.9. The van der Waals surface area contributed by atoms with Gasteiger partial charge in [-0.25, -0.2) is 13.9 Å². The molecule has 0 radical (unpaired) electrons. The number of rotatable bonds is 4. The van der Waals surface area contributed by atoms with Crippen molar-refractivity contribution in [2.75, 3.05) is 39.1 Å². The van der Waals surface area contributed by atoms with Gasteiger partial charge in [0.25, 0.3) is 6.17 Å². The number of carbonyl (C=O) groups excluding carboxylic acids is 1. The molecule has 1 aromatic heterocycles. The normalized spacial score (nSPS) is 17.5. The first-order chi connectivity index (χ1) is 18.9. The molecule has 0 amide bonds. The van der Waals surface area contributed by atoms with Crippen molar-refractivity contribution in [3.05, 3.63) is 80.9 Å². The molecule has 12 heteroatoms. The van der Waals surface area contributed by atoms with Crippen LogP contribution in [0.25, 0.3) is 11.3 Å². The number of thioether (sulfide) groups is 1. The number of benzene rings is 2. The summed E-state index contributed by atoms with van der Waals surface area (Å²) in [4.78, 5) is 26.0. The third kappa shape index (κ3) is 4.59. The van der Waals surface area contributed by atoms with Crippen LogP contribution in [-0.4, -0.2) is 66.2 Å². The van der Waals surface area contributed by atoms with E-state index in [-0.39, 0.29) is 23.9 Å². The summed E-state index contributed by atoms with van der Waals surface area (Å²) in [7, 11) is 1.15. The van der Waals surface area contributed by atoms with Crippen LogP contribution < -0.4 is 15.6 Å². The van der Waals surface area contributed by atoms with E-state index in [1.54, 1.807) is 16.3 Å². The Kier molecular flexibility index (Phi) is 6.65. The lowest BCUT2D eigenvalue weighted by Crippen LogP contribution is -2.54. The maximum atomic E-state index is 15.1. The van der Waals surface area contributed by atoms with Gasteiger partial charge in [-0.3, -0.25) is 10.2 Å². The molecule has 3 aliphatic heterocycles. The molecule has 1 fully saturated rings. The van der Waals surface area contributed by atoms with Crippen molar-refractivity contribution >= 4 is 23.8 Å². The monoisotopic (exact) mass is 554 g/mol. The van der Waals surface area contributed by atoms with E-state index in [1.807, 2.05) is 24.3 Å². The molecule has 0 spiro atoms. The smallest absolute Gasteiger partial charge is 0.458 e. The fraction of sp³-hybridized carbons (Fsp3) is 0.296. The largest absolute Gasteiger partial charge is 0.510 e. The second-order valence-electron chi connectivity index (χ2n) is 9.17. The van der Waals surface area contributed by atoms with Crippen molar-refractivity contribution in [3.8, 4) is 17.0 Å². The quantitative estimate of drug-likeness (QED) is 0.285. The highest BCUT2D eigenvalue weighted by molar-refractivity contribution is 7.98. The number of aromatic nitrogens is 1. The van der Waals surface area contributed by atoms with Crippen LogP contribution in [0.3, 0.4) is 0 Å². The minimum Gasteiger partial charge on any atom is -0.458 e. The van der Waals surface area contributed by atoms with Crippen LogP contribution in [-0.2, 0) is 26.4 Å². The van der Waals surface area contributed by atoms with E-state index in [1.165, 1.54) is 22.9 Å². The van der Waals surface area contributed by atoms with Gasteiger partial charge in [0.05, 0.1) is 12.8 Å². The first-order valence-corrected chi connectivity index (χ1v) is 13.3. The van der Waals surface area contributed by atoms with E-state index in [9.17, 15) is 14.7 Å². The summed E-state index contributed by atoms with van der Waals surface area (Å²) in [5.41, 5.74) is 6.43. The van der Waals surface area contributed by atoms with Gasteiger partial charge in [-0.15, -0.1) is 11.8 Å². The summed E-state index contributed by atoms with van der Waals surface area (Å²) in [5, 5.41) is 11.4. The second kappa shape index (κ2) is 10.3. The predicted molar refractivity (Wildman–Crippen MR) is 140 cm³/mol. The number of fused-ring (bicyclic) bond motifs is 4. The van der Waals surface area contributed by atoms with Crippen molar-refractivity contribution in [1.29, 1.82) is 0 Å². The van der Waals surface area contributed by atoms with Crippen molar-refractivity contribution in [2.24, 2.45) is 0 Å². The average Bonchev–Trinajstić information content (AvgIpc) is 3.13. The van der Waals surface area contributed by atoms with Gasteiger partial charge in [-0.05, 0) is 41.3 Å². The van der Waals surface area contributed by atoms with E-state index >= 15 is 4.39 Å². The third-order valence-electron chi connectivity index (χ3n) is 6.91. The van der Waals surface area contributed by atoms with Gasteiger partial charge in [-0.1, -0.05) is 18.2 Å². The van der Waals surface area contributed by atoms with Crippen LogP contribution in [0.2, 0.25) is 0 Å². The van der Waals surface area contributed by atoms with Crippen LogP contribution in [0.4, 0.5) is 9.18 Å². The van der Waals surface area contributed by atoms with Gasteiger partial charge in [0, 0.05) is 22.3 Å². The van der Waals surface area contributed by atoms with Crippen molar-refractivity contribution in [1.82, 2.24) is 4.68 Å². The average molecular weight is 555 g/mol. The molecule has 1 atom stereocenters. The van der Waals surface area contributed by atoms with Gasteiger partial charge in [0.15, 0.2) is 6.54 Å². The lowest BCUT2D eigenvalue weighted by Gasteiger charge is -2.31. The Morgan fingerprint density at radius 2 is 2.13 bits per heavy atom. The number of carbonyl (C=O) groups is 1. The number of nitrogens with one attached hydrogen (secondary N) is 1. The highest BCUT2D eigenvalue weighted by Gasteiger charge is 2.40. The molecular formula is C27H25FN3O7S+. The number of methoxy groups -OCH3 is 1. The number of hydrogen-bond donors (Lipinski definition) is 2. The Hall–Kier alpha value is -4.03. The maximum Gasteiger partial charge on any atom is 0.510 e. The molecule has 6 rings (SSSR count). The van der Waals surface area contributed by atoms with Crippen molar-refractivity contribution in [2.45, 2.75) is 23.2 Å². The van der Waals surface area contributed by atoms with Gasteiger partial charge >= 0.3 is 12.1 Å². The molecule has 1 saturated heterocycles. The summed E-state index contributed by atoms with van der Waals surface area (Å²) < 4.78 is 38.6. The van der Waals surface area contributed by atoms with Crippen LogP contribution in [0, 0.1) is 5.82 Å². The number of hydrogen-bond acceptors (Lipinski definition) is 8. The second-order valence-corrected chi connectivity index (χ2v) is 10.2. The Morgan fingerprint density at radius 1 is 1.28 bits per heavy atom. The highest BCUT2D eigenvalue weighted by atomic mass is 32.2. The van der Waals surface area contributed by atoms with Crippen LogP contribution >= 0.6 is 11.8 Å². The summed E-state index contributed by atoms with van der Waals surface area (Å²) in [6.07, 6.45) is -0.895. The molecule has 2 N–H and O–H groups in total. The molecule has 202 valence electrons. The van der Waals surface area contributed by atoms with Crippen molar-refractivity contribution in [3.63, 3.8) is 0 Å². The van der Waals surface area contributed by atoms with Gasteiger partial charge in [-0.2, -0.15) is 4.58 Å². The highest BCUT2D eigenvalue weighted by Crippen LogP contribution is 2.39. The minimum atomic E-state index is -0.985. The first kappa shape index (κ1) is 25.3. The standard InChI is InChI=1S/C27H24FN3O7S/c1-35-27(34)38-14-37-25-21(32)11-20(31-24(25)26(33)30-6-7-36-12-23(30)29-31)19-10-17(28)8-16-13-39-22-5-3-2-4-15(22)9-18(16)19/h2-5,8,10-11,23,29H,6-7,9,12-14H2,1H3/p+1/t23-/m0/s1. The molecule has 0 aliphatic carbocycles. The summed E-state index contributed by atoms with van der Waals surface area (Å²) in [6, 6.07) is 12.3. The molecule has 39 heavy (non-hydrogen) atoms. The fourth-order valence-corrected chi connectivity index (χ4v) is 6.18. The van der Waals surface area contributed by atoms with E-state index in [0.717, 1.165) is 28.7 Å². The fourth-order valence-electron chi connectivity index (χ4n) is 5.11. The van der Waals surface area contributed by atoms with E-state index in [2.05, 4.69) is 10.2 Å². The Balaban J connectivity index is 1.54. The summed E-state index contributed by atoms with van der Waals surface area (Å²) in [6.45, 7) is 0.394. The molecule has 2 aromatic carbocycles. The maximum absolute atomic E-state index is 15.1. The number of nitrogens with zero attached hydrogens (tertiary/aromatic N) is 2. The molecular weight excluding hydrogens is 529 g/mol. The lowest BCUT2D eigenvalue weighted by molar-refractivity contribution is -0.591. The first-order valence-electron chi connectivity index (χ1n) is 12.3. The van der Waals surface area contributed by atoms with Crippen LogP contribution in [0.1, 0.15) is 22.4 Å². The zero-order valence-corrected chi connectivity index (χ0v) is 21.8. The molecule has 3 aromatic rings. The SMILES string of the molecule is COC(=O)OCOc1c2n(c(-c3cc(F)cc4c3Cc3ccccc3SC4)cc1=O)N[C@@H]1COCC[N+]1=C2O. The number of aliphatic hydroxyl groups excluding tert-OH is 1. The lowest BCUT2D eigenvalue weighted by atomic mass is 9.93. The number of pyridine rings is 1. The third-order valence-corrected chi connectivity index (χ3v) is 8.08. The van der Waals surface area contributed by atoms with Crippen LogP contribution in [0.15, 0.2) is 52.2 Å². The van der Waals surface area contributed by atoms with Gasteiger partial charge in [0.2, 0.25) is 23.7 Å². The van der Waals surface area contributed by atoms with E-state index < -0.39 is 30.4 Å². The number of morpholine rings is 1. The van der Waals surface area contributed by atoms with Gasteiger partial charge < -0.3 is 24.1 Å². The number of aliphatic hydroxyl groups is 1. The molecule has 4 heterocycles. The Bertz CT molecular complexity index is 1570. The topological polar surface area (TPSA) is 111 Å². The molecule has 3 aliphatic rings. The summed E-state index contributed by atoms with van der Waals surface area (Å²) in [5.74, 6) is -0.316. The number of halogens is 1.